The van der Waals surface area contributed by atoms with Crippen LogP contribution in [-0.2, 0) is 4.79 Å². The predicted molar refractivity (Wildman–Crippen MR) is 92.7 cm³/mol. The number of nitrogens with one attached hydrogen (secondary N) is 2. The van der Waals surface area contributed by atoms with Crippen molar-refractivity contribution in [3.63, 3.8) is 0 Å². The van der Waals surface area contributed by atoms with E-state index < -0.39 is 11.7 Å². The van der Waals surface area contributed by atoms with Crippen LogP contribution in [0.3, 0.4) is 0 Å². The fourth-order valence-electron chi connectivity index (χ4n) is 2.15. The molecule has 0 aliphatic heterocycles. The number of nitrogens with zero attached hydrogens (tertiary/aromatic N) is 1. The summed E-state index contributed by atoms with van der Waals surface area (Å²) in [6, 6.07) is 8.83. The molecule has 24 heavy (non-hydrogen) atoms. The van der Waals surface area contributed by atoms with E-state index in [1.165, 1.54) is 30.4 Å². The number of thiazole rings is 1. The number of hydrogen-bond donors (Lipinski definition) is 3. The molecular weight excluding hydrogens is 331 g/mol. The van der Waals surface area contributed by atoms with Gasteiger partial charge in [0.05, 0.1) is 15.8 Å². The van der Waals surface area contributed by atoms with Gasteiger partial charge in [0.25, 0.3) is 5.91 Å². The van der Waals surface area contributed by atoms with Crippen LogP contribution in [0.1, 0.15) is 17.3 Å². The number of benzene rings is 2. The van der Waals surface area contributed by atoms with Crippen molar-refractivity contribution in [2.45, 2.75) is 6.92 Å². The quantitative estimate of drug-likeness (QED) is 0.636. The Labute approximate surface area is 140 Å². The number of aromatic nitrogens is 1. The van der Waals surface area contributed by atoms with E-state index in [4.69, 9.17) is 5.73 Å². The van der Waals surface area contributed by atoms with Crippen LogP contribution in [0.2, 0.25) is 0 Å². The third-order valence-corrected chi connectivity index (χ3v) is 4.12. The zero-order valence-corrected chi connectivity index (χ0v) is 13.4. The normalized spacial score (nSPS) is 10.6. The van der Waals surface area contributed by atoms with Gasteiger partial charge in [0.1, 0.15) is 5.82 Å². The standard InChI is InChI=1S/C16H13FN4O2S/c1-8(22)19-10-3-5-13-14(7-10)24-16(20-13)21-15(23)11-6-9(17)2-4-12(11)18/h2-7H,18H2,1H3,(H,19,22)(H,20,21,23). The lowest BCUT2D eigenvalue weighted by molar-refractivity contribution is -0.114. The highest BCUT2D eigenvalue weighted by Gasteiger charge is 2.14. The third kappa shape index (κ3) is 3.33. The number of carbonyl (C=O) groups excluding carboxylic acids is 2. The minimum Gasteiger partial charge on any atom is -0.398 e. The number of rotatable bonds is 3. The van der Waals surface area contributed by atoms with Gasteiger partial charge in [-0.25, -0.2) is 9.37 Å². The first-order chi connectivity index (χ1) is 11.4. The van der Waals surface area contributed by atoms with E-state index in [-0.39, 0.29) is 17.2 Å². The van der Waals surface area contributed by atoms with Gasteiger partial charge in [-0.05, 0) is 36.4 Å². The maximum Gasteiger partial charge on any atom is 0.259 e. The van der Waals surface area contributed by atoms with E-state index in [0.29, 0.717) is 16.3 Å². The van der Waals surface area contributed by atoms with E-state index in [0.717, 1.165) is 10.8 Å². The van der Waals surface area contributed by atoms with Crippen molar-refractivity contribution >= 4 is 49.9 Å². The van der Waals surface area contributed by atoms with Crippen molar-refractivity contribution in [1.82, 2.24) is 4.98 Å². The molecule has 0 bridgehead atoms. The fraction of sp³-hybridized carbons (Fsp3) is 0.0625. The molecule has 3 aromatic rings. The topological polar surface area (TPSA) is 97.1 Å². The van der Waals surface area contributed by atoms with E-state index in [2.05, 4.69) is 15.6 Å². The average Bonchev–Trinajstić information content (AvgIpc) is 2.90. The summed E-state index contributed by atoms with van der Waals surface area (Å²) in [4.78, 5) is 27.6. The molecule has 2 amide bonds. The number of nitrogens with two attached hydrogens (primary N) is 1. The van der Waals surface area contributed by atoms with Crippen molar-refractivity contribution in [2.75, 3.05) is 16.4 Å². The molecule has 1 heterocycles. The lowest BCUT2D eigenvalue weighted by Crippen LogP contribution is -2.14. The number of anilines is 3. The maximum absolute atomic E-state index is 13.3. The highest BCUT2D eigenvalue weighted by atomic mass is 32.1. The van der Waals surface area contributed by atoms with Gasteiger partial charge >= 0.3 is 0 Å². The smallest absolute Gasteiger partial charge is 0.259 e. The molecule has 0 aliphatic rings. The minimum atomic E-state index is -0.543. The van der Waals surface area contributed by atoms with E-state index in [1.807, 2.05) is 0 Å². The molecule has 6 nitrogen and oxygen atoms in total. The SMILES string of the molecule is CC(=O)Nc1ccc2nc(NC(=O)c3cc(F)ccc3N)sc2c1. The van der Waals surface area contributed by atoms with Crippen LogP contribution in [0.25, 0.3) is 10.2 Å². The summed E-state index contributed by atoms with van der Waals surface area (Å²) in [5, 5.41) is 5.65. The summed E-state index contributed by atoms with van der Waals surface area (Å²) in [5.74, 6) is -1.25. The molecule has 0 spiro atoms. The Bertz CT molecular complexity index is 954. The second kappa shape index (κ2) is 6.25. The summed E-state index contributed by atoms with van der Waals surface area (Å²) in [5.41, 5.74) is 7.25. The lowest BCUT2D eigenvalue weighted by atomic mass is 10.1. The molecule has 1 aromatic heterocycles. The molecule has 0 atom stereocenters. The number of halogens is 1. The van der Waals surface area contributed by atoms with Crippen LogP contribution in [-0.4, -0.2) is 16.8 Å². The van der Waals surface area contributed by atoms with Gasteiger partial charge in [-0.1, -0.05) is 11.3 Å². The average molecular weight is 344 g/mol. The molecule has 8 heteroatoms. The second-order valence-corrected chi connectivity index (χ2v) is 6.10. The maximum atomic E-state index is 13.3. The molecule has 0 saturated heterocycles. The van der Waals surface area contributed by atoms with Crippen LogP contribution in [0.4, 0.5) is 20.9 Å². The largest absolute Gasteiger partial charge is 0.398 e. The molecular formula is C16H13FN4O2S. The van der Waals surface area contributed by atoms with Gasteiger partial charge in [-0.15, -0.1) is 0 Å². The van der Waals surface area contributed by atoms with Gasteiger partial charge < -0.3 is 11.1 Å². The van der Waals surface area contributed by atoms with Crippen LogP contribution in [0.5, 0.6) is 0 Å². The monoisotopic (exact) mass is 344 g/mol. The number of hydrogen-bond acceptors (Lipinski definition) is 5. The van der Waals surface area contributed by atoms with Crippen molar-refractivity contribution in [3.8, 4) is 0 Å². The zero-order valence-electron chi connectivity index (χ0n) is 12.6. The summed E-state index contributed by atoms with van der Waals surface area (Å²) in [6.45, 7) is 1.42. The molecule has 0 aliphatic carbocycles. The molecule has 0 fully saturated rings. The van der Waals surface area contributed by atoms with Crippen LogP contribution < -0.4 is 16.4 Å². The highest BCUT2D eigenvalue weighted by molar-refractivity contribution is 7.22. The van der Waals surface area contributed by atoms with E-state index in [1.54, 1.807) is 18.2 Å². The Morgan fingerprint density at radius 2 is 1.96 bits per heavy atom. The highest BCUT2D eigenvalue weighted by Crippen LogP contribution is 2.29. The molecule has 0 unspecified atom stereocenters. The Morgan fingerprint density at radius 1 is 1.17 bits per heavy atom. The van der Waals surface area contributed by atoms with Crippen molar-refractivity contribution in [2.24, 2.45) is 0 Å². The molecule has 3 rings (SSSR count). The van der Waals surface area contributed by atoms with E-state index in [9.17, 15) is 14.0 Å². The molecule has 2 aromatic carbocycles. The number of nitrogen functional groups attached to an aromatic ring is 1. The number of carbonyl (C=O) groups is 2. The predicted octanol–water partition coefficient (Wildman–Crippen LogP) is 3.23. The molecule has 0 radical (unpaired) electrons. The molecule has 0 saturated carbocycles. The fourth-order valence-corrected chi connectivity index (χ4v) is 3.05. The Morgan fingerprint density at radius 3 is 2.71 bits per heavy atom. The Kier molecular flexibility index (Phi) is 4.13. The van der Waals surface area contributed by atoms with Crippen molar-refractivity contribution in [1.29, 1.82) is 0 Å². The van der Waals surface area contributed by atoms with Gasteiger partial charge in [-0.3, -0.25) is 14.9 Å². The van der Waals surface area contributed by atoms with Crippen LogP contribution >= 0.6 is 11.3 Å². The molecule has 4 N–H and O–H groups in total. The van der Waals surface area contributed by atoms with Crippen LogP contribution in [0, 0.1) is 5.82 Å². The first kappa shape index (κ1) is 15.9. The summed E-state index contributed by atoms with van der Waals surface area (Å²) in [6.07, 6.45) is 0. The second-order valence-electron chi connectivity index (χ2n) is 5.07. The van der Waals surface area contributed by atoms with Gasteiger partial charge in [0, 0.05) is 18.3 Å². The first-order valence-electron chi connectivity index (χ1n) is 6.97. The van der Waals surface area contributed by atoms with Crippen LogP contribution in [0.15, 0.2) is 36.4 Å². The Hall–Kier alpha value is -3.00. The minimum absolute atomic E-state index is 0.0493. The van der Waals surface area contributed by atoms with Crippen molar-refractivity contribution in [3.05, 3.63) is 47.8 Å². The van der Waals surface area contributed by atoms with E-state index >= 15 is 0 Å². The summed E-state index contributed by atoms with van der Waals surface area (Å²) < 4.78 is 14.1. The molecule has 122 valence electrons. The third-order valence-electron chi connectivity index (χ3n) is 3.19. The number of amides is 2. The van der Waals surface area contributed by atoms with Gasteiger partial charge in [0.15, 0.2) is 5.13 Å². The Balaban J connectivity index is 1.86. The number of fused-ring (bicyclic) bond motifs is 1. The van der Waals surface area contributed by atoms with Gasteiger partial charge in [-0.2, -0.15) is 0 Å². The van der Waals surface area contributed by atoms with Crippen molar-refractivity contribution < 1.29 is 14.0 Å². The summed E-state index contributed by atoms with van der Waals surface area (Å²) >= 11 is 1.24. The lowest BCUT2D eigenvalue weighted by Gasteiger charge is -2.04. The first-order valence-corrected chi connectivity index (χ1v) is 7.78. The summed E-state index contributed by atoms with van der Waals surface area (Å²) in [7, 11) is 0. The van der Waals surface area contributed by atoms with Gasteiger partial charge in [0.2, 0.25) is 5.91 Å². The zero-order chi connectivity index (χ0) is 17.3.